The lowest BCUT2D eigenvalue weighted by atomic mass is 9.64. The summed E-state index contributed by atoms with van der Waals surface area (Å²) in [5.74, 6) is 0.904. The highest BCUT2D eigenvalue weighted by atomic mass is 14.9. The zero-order valence-corrected chi connectivity index (χ0v) is 11.1. The minimum Gasteiger partial charge on any atom is -0.317 e. The van der Waals surface area contributed by atoms with Gasteiger partial charge in [0, 0.05) is 6.04 Å². The molecule has 1 heteroatoms. The SMILES string of the molecule is CCCC(C)(CC)C1CCCCC1NC. The van der Waals surface area contributed by atoms with Crippen LogP contribution < -0.4 is 5.32 Å². The molecule has 0 bridgehead atoms. The van der Waals surface area contributed by atoms with Crippen LogP contribution in [0.3, 0.4) is 0 Å². The van der Waals surface area contributed by atoms with Crippen molar-refractivity contribution in [3.05, 3.63) is 0 Å². The lowest BCUT2D eigenvalue weighted by molar-refractivity contribution is 0.0865. The maximum atomic E-state index is 3.55. The molecule has 0 amide bonds. The second-order valence-corrected chi connectivity index (χ2v) is 5.54. The van der Waals surface area contributed by atoms with E-state index in [2.05, 4.69) is 33.1 Å². The average molecular weight is 211 g/mol. The van der Waals surface area contributed by atoms with Gasteiger partial charge >= 0.3 is 0 Å². The highest BCUT2D eigenvalue weighted by Gasteiger charge is 2.37. The minimum absolute atomic E-state index is 0.572. The van der Waals surface area contributed by atoms with Crippen LogP contribution >= 0.6 is 0 Å². The highest BCUT2D eigenvalue weighted by Crippen LogP contribution is 2.43. The first-order valence-electron chi connectivity index (χ1n) is 6.85. The van der Waals surface area contributed by atoms with E-state index in [0.29, 0.717) is 5.41 Å². The summed E-state index contributed by atoms with van der Waals surface area (Å²) >= 11 is 0. The van der Waals surface area contributed by atoms with Crippen LogP contribution in [0.15, 0.2) is 0 Å². The van der Waals surface area contributed by atoms with Gasteiger partial charge in [0.1, 0.15) is 0 Å². The molecule has 0 radical (unpaired) electrons. The second-order valence-electron chi connectivity index (χ2n) is 5.54. The highest BCUT2D eigenvalue weighted by molar-refractivity contribution is 4.91. The van der Waals surface area contributed by atoms with E-state index in [1.165, 1.54) is 44.9 Å². The fourth-order valence-electron chi connectivity index (χ4n) is 3.51. The Morgan fingerprint density at radius 3 is 2.40 bits per heavy atom. The van der Waals surface area contributed by atoms with Crippen molar-refractivity contribution in [2.75, 3.05) is 7.05 Å². The Morgan fingerprint density at radius 1 is 1.20 bits per heavy atom. The molecule has 0 spiro atoms. The first-order chi connectivity index (χ1) is 7.18. The van der Waals surface area contributed by atoms with Gasteiger partial charge in [0.2, 0.25) is 0 Å². The van der Waals surface area contributed by atoms with Crippen molar-refractivity contribution in [2.24, 2.45) is 11.3 Å². The Bertz CT molecular complexity index is 178. The third-order valence-electron chi connectivity index (χ3n) is 4.66. The van der Waals surface area contributed by atoms with Crippen molar-refractivity contribution in [1.29, 1.82) is 0 Å². The van der Waals surface area contributed by atoms with Gasteiger partial charge in [-0.15, -0.1) is 0 Å². The van der Waals surface area contributed by atoms with Gasteiger partial charge in [-0.25, -0.2) is 0 Å². The van der Waals surface area contributed by atoms with Crippen LogP contribution in [0.5, 0.6) is 0 Å². The van der Waals surface area contributed by atoms with Gasteiger partial charge < -0.3 is 5.32 Å². The zero-order chi connectivity index (χ0) is 11.3. The van der Waals surface area contributed by atoms with Crippen molar-refractivity contribution in [3.63, 3.8) is 0 Å². The average Bonchev–Trinajstić information content (AvgIpc) is 2.29. The molecule has 90 valence electrons. The molecule has 0 aliphatic heterocycles. The molecule has 0 saturated heterocycles. The van der Waals surface area contributed by atoms with E-state index < -0.39 is 0 Å². The van der Waals surface area contributed by atoms with Crippen molar-refractivity contribution in [1.82, 2.24) is 5.32 Å². The molecule has 0 aromatic carbocycles. The first kappa shape index (κ1) is 13.0. The van der Waals surface area contributed by atoms with E-state index in [1.807, 2.05) is 0 Å². The van der Waals surface area contributed by atoms with E-state index in [0.717, 1.165) is 12.0 Å². The third-order valence-corrected chi connectivity index (χ3v) is 4.66. The largest absolute Gasteiger partial charge is 0.317 e. The molecule has 0 aromatic heterocycles. The van der Waals surface area contributed by atoms with E-state index >= 15 is 0 Å². The summed E-state index contributed by atoms with van der Waals surface area (Å²) in [6.45, 7) is 7.21. The summed E-state index contributed by atoms with van der Waals surface area (Å²) in [6.07, 6.45) is 9.76. The predicted molar refractivity (Wildman–Crippen MR) is 68.1 cm³/mol. The Balaban J connectivity index is 2.70. The molecule has 1 nitrogen and oxygen atoms in total. The van der Waals surface area contributed by atoms with Gasteiger partial charge in [-0.05, 0) is 37.6 Å². The Hall–Kier alpha value is -0.0400. The predicted octanol–water partition coefficient (Wildman–Crippen LogP) is 3.98. The summed E-state index contributed by atoms with van der Waals surface area (Å²) in [6, 6.07) is 0.773. The molecular formula is C14H29N. The van der Waals surface area contributed by atoms with Crippen molar-refractivity contribution in [3.8, 4) is 0 Å². The monoisotopic (exact) mass is 211 g/mol. The van der Waals surface area contributed by atoms with Crippen molar-refractivity contribution in [2.45, 2.75) is 71.8 Å². The minimum atomic E-state index is 0.572. The molecule has 1 aliphatic rings. The van der Waals surface area contributed by atoms with Crippen LogP contribution in [-0.2, 0) is 0 Å². The fraction of sp³-hybridized carbons (Fsp3) is 1.00. The van der Waals surface area contributed by atoms with E-state index in [9.17, 15) is 0 Å². The normalized spacial score (nSPS) is 31.2. The van der Waals surface area contributed by atoms with Gasteiger partial charge in [0.15, 0.2) is 0 Å². The topological polar surface area (TPSA) is 12.0 Å². The van der Waals surface area contributed by atoms with Gasteiger partial charge in [-0.3, -0.25) is 0 Å². The molecule has 3 atom stereocenters. The third kappa shape index (κ3) is 2.96. The lowest BCUT2D eigenvalue weighted by Gasteiger charge is -2.44. The van der Waals surface area contributed by atoms with Crippen LogP contribution in [0.1, 0.15) is 65.7 Å². The van der Waals surface area contributed by atoms with Gasteiger partial charge in [-0.2, -0.15) is 0 Å². The molecule has 0 aromatic rings. The summed E-state index contributed by atoms with van der Waals surface area (Å²) < 4.78 is 0. The molecule has 3 unspecified atom stereocenters. The zero-order valence-electron chi connectivity index (χ0n) is 11.1. The van der Waals surface area contributed by atoms with Gasteiger partial charge in [0.05, 0.1) is 0 Å². The van der Waals surface area contributed by atoms with Crippen molar-refractivity contribution >= 4 is 0 Å². The van der Waals surface area contributed by atoms with Crippen LogP contribution in [0, 0.1) is 11.3 Å². The van der Waals surface area contributed by atoms with E-state index in [4.69, 9.17) is 0 Å². The summed E-state index contributed by atoms with van der Waals surface area (Å²) in [7, 11) is 2.14. The standard InChI is InChI=1S/C14H29N/c1-5-11-14(3,6-2)12-9-7-8-10-13(12)15-4/h12-13,15H,5-11H2,1-4H3. The Labute approximate surface area is 96.0 Å². The fourth-order valence-corrected chi connectivity index (χ4v) is 3.51. The molecule has 1 rings (SSSR count). The first-order valence-corrected chi connectivity index (χ1v) is 6.85. The summed E-state index contributed by atoms with van der Waals surface area (Å²) in [4.78, 5) is 0. The lowest BCUT2D eigenvalue weighted by Crippen LogP contribution is -2.44. The van der Waals surface area contributed by atoms with Gasteiger partial charge in [-0.1, -0.05) is 46.5 Å². The number of hydrogen-bond donors (Lipinski definition) is 1. The molecule has 0 heterocycles. The molecule has 1 aliphatic carbocycles. The molecule has 1 fully saturated rings. The van der Waals surface area contributed by atoms with Crippen LogP contribution in [0.25, 0.3) is 0 Å². The molecule has 1 saturated carbocycles. The molecule has 15 heavy (non-hydrogen) atoms. The van der Waals surface area contributed by atoms with Crippen LogP contribution in [0.2, 0.25) is 0 Å². The number of hydrogen-bond acceptors (Lipinski definition) is 1. The molecular weight excluding hydrogens is 182 g/mol. The smallest absolute Gasteiger partial charge is 0.00975 e. The van der Waals surface area contributed by atoms with Crippen LogP contribution in [-0.4, -0.2) is 13.1 Å². The number of rotatable bonds is 5. The van der Waals surface area contributed by atoms with E-state index in [-0.39, 0.29) is 0 Å². The van der Waals surface area contributed by atoms with Gasteiger partial charge in [0.25, 0.3) is 0 Å². The Kier molecular flexibility index (Phi) is 5.11. The maximum Gasteiger partial charge on any atom is 0.00975 e. The quantitative estimate of drug-likeness (QED) is 0.725. The van der Waals surface area contributed by atoms with E-state index in [1.54, 1.807) is 0 Å². The maximum absolute atomic E-state index is 3.55. The van der Waals surface area contributed by atoms with Crippen molar-refractivity contribution < 1.29 is 0 Å². The summed E-state index contributed by atoms with van der Waals surface area (Å²) in [5, 5.41) is 3.55. The summed E-state index contributed by atoms with van der Waals surface area (Å²) in [5.41, 5.74) is 0.572. The Morgan fingerprint density at radius 2 is 1.87 bits per heavy atom. The molecule has 1 N–H and O–H groups in total. The number of nitrogens with one attached hydrogen (secondary N) is 1. The van der Waals surface area contributed by atoms with Crippen LogP contribution in [0.4, 0.5) is 0 Å². The second kappa shape index (κ2) is 5.89.